The van der Waals surface area contributed by atoms with E-state index < -0.39 is 17.2 Å². The van der Waals surface area contributed by atoms with Gasteiger partial charge in [-0.3, -0.25) is 4.79 Å². The highest BCUT2D eigenvalue weighted by Gasteiger charge is 2.49. The van der Waals surface area contributed by atoms with Crippen LogP contribution in [0.4, 0.5) is 10.6 Å². The summed E-state index contributed by atoms with van der Waals surface area (Å²) in [5, 5.41) is 24.6. The minimum Gasteiger partial charge on any atom is -0.465 e. The SMILES string of the molecule is CC1(O)CC(N)(c2ccc(-c3cnc(NC(=O)CC4CCC(NC(=O)O)CC4)cc3-c3ccccc3)cc2)C1. The highest BCUT2D eigenvalue weighted by Crippen LogP contribution is 2.46. The van der Waals surface area contributed by atoms with E-state index >= 15 is 0 Å². The van der Waals surface area contributed by atoms with Crippen LogP contribution in [-0.4, -0.2) is 38.8 Å². The molecular formula is C31H36N4O4. The number of rotatable bonds is 7. The Hall–Kier alpha value is -3.75. The van der Waals surface area contributed by atoms with Gasteiger partial charge in [-0.05, 0) is 79.7 Å². The van der Waals surface area contributed by atoms with Crippen LogP contribution in [0.15, 0.2) is 66.9 Å². The summed E-state index contributed by atoms with van der Waals surface area (Å²) in [6, 6.07) is 20.0. The summed E-state index contributed by atoms with van der Waals surface area (Å²) in [5.41, 5.74) is 10.2. The summed E-state index contributed by atoms with van der Waals surface area (Å²) in [6.45, 7) is 1.81. The average molecular weight is 529 g/mol. The molecule has 6 N–H and O–H groups in total. The van der Waals surface area contributed by atoms with E-state index in [2.05, 4.69) is 15.6 Å². The normalized spacial score (nSPS) is 26.3. The van der Waals surface area contributed by atoms with E-state index in [1.54, 1.807) is 6.20 Å². The van der Waals surface area contributed by atoms with Gasteiger partial charge in [0, 0.05) is 29.8 Å². The van der Waals surface area contributed by atoms with Crippen molar-refractivity contribution in [1.82, 2.24) is 10.3 Å². The Bertz CT molecular complexity index is 1320. The summed E-state index contributed by atoms with van der Waals surface area (Å²) in [7, 11) is 0. The van der Waals surface area contributed by atoms with Gasteiger partial charge in [-0.25, -0.2) is 9.78 Å². The van der Waals surface area contributed by atoms with Gasteiger partial charge in [-0.1, -0.05) is 54.6 Å². The summed E-state index contributed by atoms with van der Waals surface area (Å²) in [6.07, 6.45) is 5.39. The number of carboxylic acid groups (broad SMARTS) is 1. The highest BCUT2D eigenvalue weighted by atomic mass is 16.4. The van der Waals surface area contributed by atoms with Gasteiger partial charge in [0.2, 0.25) is 5.91 Å². The molecule has 0 saturated heterocycles. The lowest BCUT2D eigenvalue weighted by atomic mass is 9.63. The number of nitrogens with two attached hydrogens (primary N) is 1. The predicted molar refractivity (Wildman–Crippen MR) is 151 cm³/mol. The van der Waals surface area contributed by atoms with Crippen molar-refractivity contribution in [1.29, 1.82) is 0 Å². The number of carbonyl (C=O) groups excluding carboxylic acids is 1. The Morgan fingerprint density at radius 1 is 0.974 bits per heavy atom. The van der Waals surface area contributed by atoms with Crippen LogP contribution in [0.2, 0.25) is 0 Å². The predicted octanol–water partition coefficient (Wildman–Crippen LogP) is 5.27. The van der Waals surface area contributed by atoms with Gasteiger partial charge in [-0.15, -0.1) is 0 Å². The lowest BCUT2D eigenvalue weighted by Crippen LogP contribution is -2.58. The fourth-order valence-electron chi connectivity index (χ4n) is 6.25. The van der Waals surface area contributed by atoms with Crippen LogP contribution in [0.5, 0.6) is 0 Å². The molecule has 2 aliphatic carbocycles. The molecule has 1 heterocycles. The maximum atomic E-state index is 12.9. The second-order valence-corrected chi connectivity index (χ2v) is 11.5. The fourth-order valence-corrected chi connectivity index (χ4v) is 6.25. The molecule has 0 spiro atoms. The Morgan fingerprint density at radius 3 is 2.23 bits per heavy atom. The van der Waals surface area contributed by atoms with Crippen molar-refractivity contribution in [2.24, 2.45) is 11.7 Å². The van der Waals surface area contributed by atoms with Crippen LogP contribution in [0.1, 0.15) is 57.4 Å². The molecule has 1 aromatic heterocycles. The monoisotopic (exact) mass is 528 g/mol. The van der Waals surface area contributed by atoms with Crippen LogP contribution in [0, 0.1) is 5.92 Å². The smallest absolute Gasteiger partial charge is 0.404 e. The van der Waals surface area contributed by atoms with E-state index in [-0.39, 0.29) is 17.9 Å². The van der Waals surface area contributed by atoms with Crippen LogP contribution >= 0.6 is 0 Å². The molecule has 204 valence electrons. The lowest BCUT2D eigenvalue weighted by Gasteiger charge is -2.49. The molecule has 8 heteroatoms. The number of amides is 2. The largest absolute Gasteiger partial charge is 0.465 e. The van der Waals surface area contributed by atoms with E-state index in [1.807, 2.05) is 67.6 Å². The number of carbonyl (C=O) groups is 2. The quantitative estimate of drug-likeness (QED) is 0.283. The first kappa shape index (κ1) is 26.8. The molecule has 39 heavy (non-hydrogen) atoms. The molecule has 5 rings (SSSR count). The number of nitrogens with zero attached hydrogens (tertiary/aromatic N) is 1. The molecule has 0 bridgehead atoms. The van der Waals surface area contributed by atoms with Gasteiger partial charge in [0.15, 0.2) is 0 Å². The summed E-state index contributed by atoms with van der Waals surface area (Å²) >= 11 is 0. The van der Waals surface area contributed by atoms with Crippen molar-refractivity contribution in [2.75, 3.05) is 5.32 Å². The first-order valence-corrected chi connectivity index (χ1v) is 13.6. The van der Waals surface area contributed by atoms with Crippen molar-refractivity contribution in [3.63, 3.8) is 0 Å². The number of pyridine rings is 1. The van der Waals surface area contributed by atoms with Crippen LogP contribution in [-0.2, 0) is 10.3 Å². The number of aromatic nitrogens is 1. The zero-order valence-electron chi connectivity index (χ0n) is 22.2. The van der Waals surface area contributed by atoms with Crippen molar-refractivity contribution in [2.45, 2.75) is 69.1 Å². The fraction of sp³-hybridized carbons (Fsp3) is 0.387. The molecule has 2 fully saturated rings. The maximum absolute atomic E-state index is 12.9. The van der Waals surface area contributed by atoms with Crippen LogP contribution in [0.25, 0.3) is 22.3 Å². The van der Waals surface area contributed by atoms with Gasteiger partial charge in [0.25, 0.3) is 0 Å². The average Bonchev–Trinajstić information content (AvgIpc) is 2.89. The van der Waals surface area contributed by atoms with E-state index in [9.17, 15) is 14.7 Å². The van der Waals surface area contributed by atoms with Crippen molar-refractivity contribution in [3.8, 4) is 22.3 Å². The lowest BCUT2D eigenvalue weighted by molar-refractivity contribution is -0.117. The minimum absolute atomic E-state index is 0.0301. The van der Waals surface area contributed by atoms with E-state index in [4.69, 9.17) is 10.8 Å². The van der Waals surface area contributed by atoms with Gasteiger partial charge in [-0.2, -0.15) is 0 Å². The first-order chi connectivity index (χ1) is 18.6. The molecular weight excluding hydrogens is 492 g/mol. The molecule has 2 saturated carbocycles. The zero-order valence-corrected chi connectivity index (χ0v) is 22.2. The molecule has 2 aliphatic rings. The molecule has 0 atom stereocenters. The van der Waals surface area contributed by atoms with Gasteiger partial charge in [0.05, 0.1) is 5.60 Å². The van der Waals surface area contributed by atoms with Gasteiger partial charge >= 0.3 is 6.09 Å². The maximum Gasteiger partial charge on any atom is 0.404 e. The number of hydrogen-bond acceptors (Lipinski definition) is 5. The third kappa shape index (κ3) is 6.29. The van der Waals surface area contributed by atoms with E-state index in [1.165, 1.54) is 0 Å². The topological polar surface area (TPSA) is 138 Å². The van der Waals surface area contributed by atoms with Crippen LogP contribution < -0.4 is 16.4 Å². The summed E-state index contributed by atoms with van der Waals surface area (Å²) in [5.74, 6) is 0.643. The highest BCUT2D eigenvalue weighted by molar-refractivity contribution is 5.92. The minimum atomic E-state index is -0.994. The van der Waals surface area contributed by atoms with Crippen molar-refractivity contribution in [3.05, 3.63) is 72.4 Å². The molecule has 2 aromatic carbocycles. The molecule has 8 nitrogen and oxygen atoms in total. The first-order valence-electron chi connectivity index (χ1n) is 13.6. The Labute approximate surface area is 228 Å². The molecule has 3 aromatic rings. The second kappa shape index (κ2) is 10.8. The Morgan fingerprint density at radius 2 is 1.62 bits per heavy atom. The zero-order chi connectivity index (χ0) is 27.6. The van der Waals surface area contributed by atoms with E-state index in [0.29, 0.717) is 25.1 Å². The third-order valence-electron chi connectivity index (χ3n) is 8.07. The molecule has 0 radical (unpaired) electrons. The number of anilines is 1. The molecule has 0 aliphatic heterocycles. The standard InChI is InChI=1S/C31H36N4O4/c1-30(39)18-31(32,19-30)23-11-9-22(10-12-23)26-17-33-27(16-25(26)21-5-3-2-4-6-21)35-28(36)15-20-7-13-24(14-8-20)34-29(37)38/h2-6,9-12,16-17,20,24,34,39H,7-8,13-15,18-19,32H2,1H3,(H,37,38)(H,33,35,36). The summed E-state index contributed by atoms with van der Waals surface area (Å²) in [4.78, 5) is 28.3. The van der Waals surface area contributed by atoms with Crippen molar-refractivity contribution < 1.29 is 19.8 Å². The number of benzene rings is 2. The third-order valence-corrected chi connectivity index (χ3v) is 8.07. The number of aliphatic hydroxyl groups is 1. The Kier molecular flexibility index (Phi) is 7.42. The van der Waals surface area contributed by atoms with Gasteiger partial charge in [0.1, 0.15) is 5.82 Å². The van der Waals surface area contributed by atoms with E-state index in [0.717, 1.165) is 53.5 Å². The molecule has 0 unspecified atom stereocenters. The van der Waals surface area contributed by atoms with Crippen LogP contribution in [0.3, 0.4) is 0 Å². The second-order valence-electron chi connectivity index (χ2n) is 11.5. The molecule has 2 amide bonds. The van der Waals surface area contributed by atoms with Crippen molar-refractivity contribution >= 4 is 17.8 Å². The van der Waals surface area contributed by atoms with Gasteiger partial charge < -0.3 is 26.6 Å². The Balaban J connectivity index is 1.31. The summed E-state index contributed by atoms with van der Waals surface area (Å²) < 4.78 is 0. The number of nitrogens with one attached hydrogen (secondary N) is 2. The number of hydrogen-bond donors (Lipinski definition) is 5.